The van der Waals surface area contributed by atoms with E-state index in [1.165, 1.54) is 0 Å². The van der Waals surface area contributed by atoms with Crippen LogP contribution in [0.1, 0.15) is 24.0 Å². The van der Waals surface area contributed by atoms with Crippen molar-refractivity contribution in [3.05, 3.63) is 65.7 Å². The normalized spacial score (nSPS) is 16.5. The van der Waals surface area contributed by atoms with Crippen LogP contribution in [0.4, 0.5) is 10.5 Å². The molecule has 1 aliphatic heterocycles. The first-order valence-electron chi connectivity index (χ1n) is 8.59. The number of nitrogens with one attached hydrogen (secondary N) is 2. The molecule has 0 radical (unpaired) electrons. The smallest absolute Gasteiger partial charge is 0.318 e. The Hall–Kier alpha value is -2.82. The lowest BCUT2D eigenvalue weighted by Crippen LogP contribution is -2.47. The number of anilines is 1. The lowest BCUT2D eigenvalue weighted by Gasteiger charge is -2.24. The van der Waals surface area contributed by atoms with E-state index in [4.69, 9.17) is 0 Å². The van der Waals surface area contributed by atoms with E-state index in [1.807, 2.05) is 61.5 Å². The summed E-state index contributed by atoms with van der Waals surface area (Å²) in [5.74, 6) is -0.129. The summed E-state index contributed by atoms with van der Waals surface area (Å²) < 4.78 is 0. The highest BCUT2D eigenvalue weighted by molar-refractivity contribution is 5.97. The van der Waals surface area contributed by atoms with Crippen molar-refractivity contribution in [1.29, 1.82) is 0 Å². The van der Waals surface area contributed by atoms with Gasteiger partial charge in [0.05, 0.1) is 0 Å². The van der Waals surface area contributed by atoms with E-state index in [-0.39, 0.29) is 11.9 Å². The molecule has 130 valence electrons. The first kappa shape index (κ1) is 17.0. The molecule has 2 N–H and O–H groups in total. The Kier molecular flexibility index (Phi) is 5.33. The summed E-state index contributed by atoms with van der Waals surface area (Å²) in [6.07, 6.45) is 1.53. The molecule has 3 rings (SSSR count). The number of benzene rings is 2. The van der Waals surface area contributed by atoms with Crippen molar-refractivity contribution < 1.29 is 9.59 Å². The molecule has 1 saturated heterocycles. The van der Waals surface area contributed by atoms with Gasteiger partial charge in [-0.15, -0.1) is 0 Å². The van der Waals surface area contributed by atoms with Gasteiger partial charge in [0.15, 0.2) is 0 Å². The van der Waals surface area contributed by atoms with Gasteiger partial charge in [-0.25, -0.2) is 4.79 Å². The number of carbonyl (C=O) groups excluding carboxylic acids is 2. The van der Waals surface area contributed by atoms with Crippen molar-refractivity contribution in [2.45, 2.75) is 32.4 Å². The fourth-order valence-corrected chi connectivity index (χ4v) is 3.02. The molecule has 1 atom stereocenters. The Morgan fingerprint density at radius 2 is 1.80 bits per heavy atom. The minimum atomic E-state index is -0.419. The maximum absolute atomic E-state index is 12.6. The largest absolute Gasteiger partial charge is 0.334 e. The van der Waals surface area contributed by atoms with Gasteiger partial charge in [-0.2, -0.15) is 0 Å². The minimum Gasteiger partial charge on any atom is -0.334 e. The highest BCUT2D eigenvalue weighted by Crippen LogP contribution is 2.19. The van der Waals surface area contributed by atoms with Crippen LogP contribution in [0.15, 0.2) is 54.6 Å². The van der Waals surface area contributed by atoms with Crippen LogP contribution in [0.2, 0.25) is 0 Å². The number of hydrogen-bond donors (Lipinski definition) is 2. The Balaban J connectivity index is 1.58. The predicted octanol–water partition coefficient (Wildman–Crippen LogP) is 3.31. The standard InChI is InChI=1S/C20H23N3O2/c1-15-9-11-17(12-10-15)22-19(24)18-8-5-13-23(18)20(25)21-14-16-6-3-2-4-7-16/h2-4,6-7,9-12,18H,5,8,13-14H2,1H3,(H,21,25)(H,22,24)/t18-/m1/s1. The van der Waals surface area contributed by atoms with Gasteiger partial charge in [0, 0.05) is 18.8 Å². The van der Waals surface area contributed by atoms with Crippen molar-refractivity contribution in [2.75, 3.05) is 11.9 Å². The van der Waals surface area contributed by atoms with Gasteiger partial charge in [0.1, 0.15) is 6.04 Å². The zero-order chi connectivity index (χ0) is 17.6. The molecule has 2 aromatic rings. The first-order valence-corrected chi connectivity index (χ1v) is 8.59. The summed E-state index contributed by atoms with van der Waals surface area (Å²) in [4.78, 5) is 26.7. The molecule has 1 heterocycles. The lowest BCUT2D eigenvalue weighted by atomic mass is 10.2. The molecule has 0 spiro atoms. The van der Waals surface area contributed by atoms with Gasteiger partial charge >= 0.3 is 6.03 Å². The maximum Gasteiger partial charge on any atom is 0.318 e. The van der Waals surface area contributed by atoms with Crippen molar-refractivity contribution in [2.24, 2.45) is 0 Å². The van der Waals surface area contributed by atoms with Crippen LogP contribution in [0, 0.1) is 6.92 Å². The number of nitrogens with zero attached hydrogens (tertiary/aromatic N) is 1. The number of likely N-dealkylation sites (tertiary alicyclic amines) is 1. The fraction of sp³-hybridized carbons (Fsp3) is 0.300. The molecule has 0 saturated carbocycles. The van der Waals surface area contributed by atoms with Crippen LogP contribution in [0.25, 0.3) is 0 Å². The highest BCUT2D eigenvalue weighted by atomic mass is 16.2. The van der Waals surface area contributed by atoms with Gasteiger partial charge < -0.3 is 15.5 Å². The number of rotatable bonds is 4. The van der Waals surface area contributed by atoms with Crippen LogP contribution >= 0.6 is 0 Å². The lowest BCUT2D eigenvalue weighted by molar-refractivity contribution is -0.119. The second-order valence-corrected chi connectivity index (χ2v) is 6.35. The van der Waals surface area contributed by atoms with Crippen LogP contribution in [-0.2, 0) is 11.3 Å². The van der Waals surface area contributed by atoms with E-state index in [1.54, 1.807) is 4.90 Å². The summed E-state index contributed by atoms with van der Waals surface area (Å²) in [5, 5.41) is 5.81. The van der Waals surface area contributed by atoms with Gasteiger partial charge in [0.25, 0.3) is 0 Å². The third kappa shape index (κ3) is 4.38. The number of carbonyl (C=O) groups is 2. The van der Waals surface area contributed by atoms with Crippen LogP contribution in [0.3, 0.4) is 0 Å². The monoisotopic (exact) mass is 337 g/mol. The third-order valence-electron chi connectivity index (χ3n) is 4.42. The average molecular weight is 337 g/mol. The van der Waals surface area contributed by atoms with Crippen LogP contribution < -0.4 is 10.6 Å². The molecule has 1 fully saturated rings. The SMILES string of the molecule is Cc1ccc(NC(=O)[C@H]2CCCN2C(=O)NCc2ccccc2)cc1. The van der Waals surface area contributed by atoms with E-state index in [0.717, 1.165) is 23.2 Å². The zero-order valence-electron chi connectivity index (χ0n) is 14.4. The molecular formula is C20H23N3O2. The average Bonchev–Trinajstić information content (AvgIpc) is 3.12. The molecule has 0 aliphatic carbocycles. The van der Waals surface area contributed by atoms with Gasteiger partial charge in [0.2, 0.25) is 5.91 Å². The molecule has 3 amide bonds. The van der Waals surface area contributed by atoms with Gasteiger partial charge in [-0.05, 0) is 37.5 Å². The fourth-order valence-electron chi connectivity index (χ4n) is 3.02. The summed E-state index contributed by atoms with van der Waals surface area (Å²) >= 11 is 0. The summed E-state index contributed by atoms with van der Waals surface area (Å²) in [6, 6.07) is 16.8. The van der Waals surface area contributed by atoms with Crippen molar-refractivity contribution in [1.82, 2.24) is 10.2 Å². The summed E-state index contributed by atoms with van der Waals surface area (Å²) in [6.45, 7) is 3.07. The molecule has 25 heavy (non-hydrogen) atoms. The molecule has 5 nitrogen and oxygen atoms in total. The molecule has 0 aromatic heterocycles. The topological polar surface area (TPSA) is 61.4 Å². The molecule has 2 aromatic carbocycles. The van der Waals surface area contributed by atoms with Crippen molar-refractivity contribution in [3.8, 4) is 0 Å². The van der Waals surface area contributed by atoms with Gasteiger partial charge in [-0.3, -0.25) is 4.79 Å². The minimum absolute atomic E-state index is 0.129. The second kappa shape index (κ2) is 7.83. The number of amides is 3. The second-order valence-electron chi connectivity index (χ2n) is 6.35. The van der Waals surface area contributed by atoms with E-state index in [0.29, 0.717) is 19.5 Å². The van der Waals surface area contributed by atoms with Crippen LogP contribution in [-0.4, -0.2) is 29.4 Å². The third-order valence-corrected chi connectivity index (χ3v) is 4.42. The molecular weight excluding hydrogens is 314 g/mol. The predicted molar refractivity (Wildman–Crippen MR) is 98.2 cm³/mol. The Bertz CT molecular complexity index is 728. The first-order chi connectivity index (χ1) is 12.1. The zero-order valence-corrected chi connectivity index (χ0v) is 14.4. The number of urea groups is 1. The molecule has 5 heteroatoms. The van der Waals surface area contributed by atoms with Gasteiger partial charge in [-0.1, -0.05) is 48.0 Å². The van der Waals surface area contributed by atoms with Crippen molar-refractivity contribution in [3.63, 3.8) is 0 Å². The van der Waals surface area contributed by atoms with E-state index < -0.39 is 6.04 Å². The van der Waals surface area contributed by atoms with Crippen LogP contribution in [0.5, 0.6) is 0 Å². The van der Waals surface area contributed by atoms with E-state index in [9.17, 15) is 9.59 Å². The van der Waals surface area contributed by atoms with E-state index in [2.05, 4.69) is 10.6 Å². The number of aryl methyl sites for hydroxylation is 1. The molecule has 1 aliphatic rings. The Labute approximate surface area is 148 Å². The summed E-state index contributed by atoms with van der Waals surface area (Å²) in [7, 11) is 0. The highest BCUT2D eigenvalue weighted by Gasteiger charge is 2.34. The quantitative estimate of drug-likeness (QED) is 0.899. The maximum atomic E-state index is 12.6. The van der Waals surface area contributed by atoms with Crippen molar-refractivity contribution >= 4 is 17.6 Å². The van der Waals surface area contributed by atoms with E-state index >= 15 is 0 Å². The Morgan fingerprint density at radius 1 is 1.08 bits per heavy atom. The number of hydrogen-bond acceptors (Lipinski definition) is 2. The summed E-state index contributed by atoms with van der Waals surface area (Å²) in [5.41, 5.74) is 2.93. The Morgan fingerprint density at radius 3 is 2.52 bits per heavy atom. The molecule has 0 unspecified atom stereocenters. The molecule has 0 bridgehead atoms.